The van der Waals surface area contributed by atoms with Crippen molar-refractivity contribution in [3.8, 4) is 0 Å². The average Bonchev–Trinajstić information content (AvgIpc) is 2.39. The summed E-state index contributed by atoms with van der Waals surface area (Å²) >= 11 is 0. The third-order valence-electron chi connectivity index (χ3n) is 4.83. The van der Waals surface area contributed by atoms with Crippen molar-refractivity contribution in [2.45, 2.75) is 51.9 Å². The Bertz CT molecular complexity index is 377. The van der Waals surface area contributed by atoms with E-state index in [1.165, 1.54) is 25.7 Å². The topological polar surface area (TPSA) is 58.2 Å². The zero-order chi connectivity index (χ0) is 14.4. The minimum absolute atomic E-state index is 0.315. The standard InChI is InChI=1S/C15H30N2O2S/c1-13-3-2-4-14(11-13)7-10-17-20(18,19)12-15-5-8-16-9-6-15/h13-17H,2-12H2,1H3. The van der Waals surface area contributed by atoms with E-state index < -0.39 is 10.0 Å². The highest BCUT2D eigenvalue weighted by molar-refractivity contribution is 7.89. The van der Waals surface area contributed by atoms with E-state index in [1.807, 2.05) is 0 Å². The van der Waals surface area contributed by atoms with Crippen LogP contribution in [0.2, 0.25) is 0 Å². The Balaban J connectivity index is 1.66. The fourth-order valence-electron chi connectivity index (χ4n) is 3.66. The van der Waals surface area contributed by atoms with Gasteiger partial charge in [-0.05, 0) is 56.5 Å². The summed E-state index contributed by atoms with van der Waals surface area (Å²) in [7, 11) is -3.07. The summed E-state index contributed by atoms with van der Waals surface area (Å²) in [5.74, 6) is 2.19. The fourth-order valence-corrected chi connectivity index (χ4v) is 5.16. The zero-order valence-electron chi connectivity index (χ0n) is 12.7. The molecule has 2 unspecified atom stereocenters. The quantitative estimate of drug-likeness (QED) is 0.790. The normalized spacial score (nSPS) is 29.4. The molecule has 0 amide bonds. The Morgan fingerprint density at radius 2 is 1.85 bits per heavy atom. The first-order valence-electron chi connectivity index (χ1n) is 8.23. The number of piperidine rings is 1. The molecular weight excluding hydrogens is 272 g/mol. The molecule has 2 atom stereocenters. The van der Waals surface area contributed by atoms with Crippen LogP contribution in [0, 0.1) is 17.8 Å². The summed E-state index contributed by atoms with van der Waals surface area (Å²) in [6, 6.07) is 0. The number of hydrogen-bond donors (Lipinski definition) is 2. The molecule has 2 rings (SSSR count). The molecule has 0 aromatic rings. The van der Waals surface area contributed by atoms with Crippen molar-refractivity contribution in [2.24, 2.45) is 17.8 Å². The predicted molar refractivity (Wildman–Crippen MR) is 83.1 cm³/mol. The Morgan fingerprint density at radius 1 is 1.10 bits per heavy atom. The van der Waals surface area contributed by atoms with Gasteiger partial charge in [-0.2, -0.15) is 0 Å². The molecule has 118 valence electrons. The summed E-state index contributed by atoms with van der Waals surface area (Å²) in [5.41, 5.74) is 0. The molecule has 0 spiro atoms. The summed E-state index contributed by atoms with van der Waals surface area (Å²) in [5, 5.41) is 3.28. The first-order valence-corrected chi connectivity index (χ1v) is 9.88. The molecule has 1 saturated carbocycles. The van der Waals surface area contributed by atoms with Crippen LogP contribution in [0.15, 0.2) is 0 Å². The number of hydrogen-bond acceptors (Lipinski definition) is 3. The van der Waals surface area contributed by atoms with Crippen LogP contribution in [0.4, 0.5) is 0 Å². The summed E-state index contributed by atoms with van der Waals surface area (Å²) in [4.78, 5) is 0. The van der Waals surface area contributed by atoms with Gasteiger partial charge in [0, 0.05) is 6.54 Å². The van der Waals surface area contributed by atoms with Gasteiger partial charge in [0.1, 0.15) is 0 Å². The van der Waals surface area contributed by atoms with Gasteiger partial charge in [-0.25, -0.2) is 13.1 Å². The van der Waals surface area contributed by atoms with Gasteiger partial charge in [0.05, 0.1) is 5.75 Å². The van der Waals surface area contributed by atoms with E-state index >= 15 is 0 Å². The molecule has 0 radical (unpaired) electrons. The molecule has 1 heterocycles. The molecule has 0 aromatic heterocycles. The second-order valence-electron chi connectivity index (χ2n) is 6.80. The van der Waals surface area contributed by atoms with Crippen LogP contribution in [-0.2, 0) is 10.0 Å². The van der Waals surface area contributed by atoms with Crippen LogP contribution in [0.1, 0.15) is 51.9 Å². The van der Waals surface area contributed by atoms with Gasteiger partial charge < -0.3 is 5.32 Å². The maximum atomic E-state index is 12.1. The molecule has 4 nitrogen and oxygen atoms in total. The van der Waals surface area contributed by atoms with Gasteiger partial charge >= 0.3 is 0 Å². The van der Waals surface area contributed by atoms with Gasteiger partial charge in [0.15, 0.2) is 0 Å². The summed E-state index contributed by atoms with van der Waals surface area (Å²) in [6.07, 6.45) is 8.19. The first kappa shape index (κ1) is 16.2. The summed E-state index contributed by atoms with van der Waals surface area (Å²) in [6.45, 7) is 4.86. The lowest BCUT2D eigenvalue weighted by atomic mass is 9.81. The minimum atomic E-state index is -3.07. The van der Waals surface area contributed by atoms with E-state index in [-0.39, 0.29) is 0 Å². The average molecular weight is 302 g/mol. The molecule has 0 bridgehead atoms. The zero-order valence-corrected chi connectivity index (χ0v) is 13.6. The highest BCUT2D eigenvalue weighted by Crippen LogP contribution is 2.30. The Morgan fingerprint density at radius 3 is 2.55 bits per heavy atom. The third-order valence-corrected chi connectivity index (χ3v) is 6.39. The van der Waals surface area contributed by atoms with Gasteiger partial charge in [0.2, 0.25) is 10.0 Å². The number of nitrogens with one attached hydrogen (secondary N) is 2. The lowest BCUT2D eigenvalue weighted by Gasteiger charge is -2.27. The molecule has 5 heteroatoms. The third kappa shape index (κ3) is 5.70. The lowest BCUT2D eigenvalue weighted by Crippen LogP contribution is -2.36. The SMILES string of the molecule is CC1CCCC(CCNS(=O)(=O)CC2CCNCC2)C1. The van der Waals surface area contributed by atoms with Crippen molar-refractivity contribution in [1.82, 2.24) is 10.0 Å². The van der Waals surface area contributed by atoms with Crippen molar-refractivity contribution in [3.63, 3.8) is 0 Å². The lowest BCUT2D eigenvalue weighted by molar-refractivity contribution is 0.271. The van der Waals surface area contributed by atoms with Crippen LogP contribution in [0.5, 0.6) is 0 Å². The van der Waals surface area contributed by atoms with E-state index in [0.29, 0.717) is 18.2 Å². The molecular formula is C15H30N2O2S. The molecule has 1 saturated heterocycles. The van der Waals surface area contributed by atoms with Crippen LogP contribution in [-0.4, -0.2) is 33.8 Å². The van der Waals surface area contributed by atoms with Crippen molar-refractivity contribution in [3.05, 3.63) is 0 Å². The van der Waals surface area contributed by atoms with Gasteiger partial charge in [-0.1, -0.05) is 26.2 Å². The van der Waals surface area contributed by atoms with E-state index in [9.17, 15) is 8.42 Å². The van der Waals surface area contributed by atoms with Gasteiger partial charge in [0.25, 0.3) is 0 Å². The number of sulfonamides is 1. The van der Waals surface area contributed by atoms with Crippen molar-refractivity contribution in [2.75, 3.05) is 25.4 Å². The van der Waals surface area contributed by atoms with E-state index in [1.54, 1.807) is 0 Å². The molecule has 1 aliphatic carbocycles. The van der Waals surface area contributed by atoms with Gasteiger partial charge in [-0.3, -0.25) is 0 Å². The second-order valence-corrected chi connectivity index (χ2v) is 8.65. The van der Waals surface area contributed by atoms with E-state index in [0.717, 1.165) is 44.2 Å². The molecule has 0 aromatic carbocycles. The van der Waals surface area contributed by atoms with Crippen LogP contribution >= 0.6 is 0 Å². The van der Waals surface area contributed by atoms with Crippen LogP contribution in [0.3, 0.4) is 0 Å². The van der Waals surface area contributed by atoms with Gasteiger partial charge in [-0.15, -0.1) is 0 Å². The van der Waals surface area contributed by atoms with Crippen molar-refractivity contribution >= 4 is 10.0 Å². The van der Waals surface area contributed by atoms with E-state index in [2.05, 4.69) is 17.0 Å². The summed E-state index contributed by atoms with van der Waals surface area (Å²) < 4.78 is 27.0. The Labute approximate surface area is 124 Å². The largest absolute Gasteiger partial charge is 0.317 e. The monoisotopic (exact) mass is 302 g/mol. The smallest absolute Gasteiger partial charge is 0.211 e. The van der Waals surface area contributed by atoms with Crippen molar-refractivity contribution in [1.29, 1.82) is 0 Å². The molecule has 1 aliphatic heterocycles. The van der Waals surface area contributed by atoms with Crippen molar-refractivity contribution < 1.29 is 8.42 Å². The molecule has 2 N–H and O–H groups in total. The number of rotatable bonds is 6. The Kier molecular flexibility index (Phi) is 6.30. The molecule has 2 aliphatic rings. The van der Waals surface area contributed by atoms with Crippen LogP contribution < -0.4 is 10.0 Å². The maximum absolute atomic E-state index is 12.1. The molecule has 20 heavy (non-hydrogen) atoms. The minimum Gasteiger partial charge on any atom is -0.317 e. The Hall–Kier alpha value is -0.130. The van der Waals surface area contributed by atoms with E-state index in [4.69, 9.17) is 0 Å². The second kappa shape index (κ2) is 7.76. The highest BCUT2D eigenvalue weighted by atomic mass is 32.2. The molecule has 2 fully saturated rings. The maximum Gasteiger partial charge on any atom is 0.211 e. The van der Waals surface area contributed by atoms with Crippen LogP contribution in [0.25, 0.3) is 0 Å². The fraction of sp³-hybridized carbons (Fsp3) is 1.00. The predicted octanol–water partition coefficient (Wildman–Crippen LogP) is 2.12. The first-order chi connectivity index (χ1) is 9.55. The highest BCUT2D eigenvalue weighted by Gasteiger charge is 2.22.